The third-order valence-electron chi connectivity index (χ3n) is 3.55. The lowest BCUT2D eigenvalue weighted by Gasteiger charge is -2.04. The lowest BCUT2D eigenvalue weighted by atomic mass is 10.1. The first-order valence-corrected chi connectivity index (χ1v) is 7.14. The number of aryl methyl sites for hydroxylation is 2. The van der Waals surface area contributed by atoms with Crippen molar-refractivity contribution in [3.63, 3.8) is 0 Å². The summed E-state index contributed by atoms with van der Waals surface area (Å²) in [6.07, 6.45) is 1.40. The molecule has 23 heavy (non-hydrogen) atoms. The van der Waals surface area contributed by atoms with E-state index in [1.807, 2.05) is 6.92 Å². The highest BCUT2D eigenvalue weighted by Gasteiger charge is 2.21. The molecule has 0 spiro atoms. The predicted molar refractivity (Wildman–Crippen MR) is 83.9 cm³/mol. The largest absolute Gasteiger partial charge is 0.454 e. The molecule has 0 saturated carbocycles. The van der Waals surface area contributed by atoms with Gasteiger partial charge in [0, 0.05) is 23.1 Å². The van der Waals surface area contributed by atoms with Crippen LogP contribution in [0.25, 0.3) is 0 Å². The number of esters is 1. The Balaban J connectivity index is 2.08. The molecular weight excluding hydrogens is 296 g/mol. The van der Waals surface area contributed by atoms with E-state index in [2.05, 4.69) is 9.97 Å². The van der Waals surface area contributed by atoms with E-state index in [4.69, 9.17) is 4.74 Å². The van der Waals surface area contributed by atoms with Crippen molar-refractivity contribution in [2.45, 2.75) is 27.7 Å². The number of aromatic nitrogens is 2. The Labute approximate surface area is 133 Å². The van der Waals surface area contributed by atoms with Crippen LogP contribution in [0, 0.1) is 20.8 Å². The lowest BCUT2D eigenvalue weighted by molar-refractivity contribution is 0.0473. The minimum absolute atomic E-state index is 0.113. The van der Waals surface area contributed by atoms with Gasteiger partial charge in [-0.2, -0.15) is 0 Å². The molecule has 0 aliphatic heterocycles. The zero-order chi connectivity index (χ0) is 17.1. The number of carbonyl (C=O) groups excluding carboxylic acids is 3. The molecule has 6 nitrogen and oxygen atoms in total. The Bertz CT molecular complexity index is 773. The SMILES string of the molecule is CC(=O)c1c(C)[nH]c(C(=O)COC(=O)c2ccc(C)nc2)c1C. The topological polar surface area (TPSA) is 89.1 Å². The van der Waals surface area contributed by atoms with Crippen LogP contribution in [-0.2, 0) is 4.74 Å². The van der Waals surface area contributed by atoms with Crippen molar-refractivity contribution in [3.8, 4) is 0 Å². The van der Waals surface area contributed by atoms with Crippen LogP contribution in [-0.4, -0.2) is 34.1 Å². The smallest absolute Gasteiger partial charge is 0.340 e. The molecule has 2 aromatic rings. The molecule has 2 aromatic heterocycles. The minimum Gasteiger partial charge on any atom is -0.454 e. The maximum Gasteiger partial charge on any atom is 0.340 e. The van der Waals surface area contributed by atoms with E-state index in [9.17, 15) is 14.4 Å². The van der Waals surface area contributed by atoms with E-state index in [0.717, 1.165) is 5.69 Å². The van der Waals surface area contributed by atoms with Crippen LogP contribution in [0.2, 0.25) is 0 Å². The van der Waals surface area contributed by atoms with Crippen LogP contribution in [0.15, 0.2) is 18.3 Å². The highest BCUT2D eigenvalue weighted by atomic mass is 16.5. The predicted octanol–water partition coefficient (Wildman–Crippen LogP) is 2.58. The van der Waals surface area contributed by atoms with Gasteiger partial charge in [-0.15, -0.1) is 0 Å². The fourth-order valence-corrected chi connectivity index (χ4v) is 2.43. The van der Waals surface area contributed by atoms with Crippen LogP contribution in [0.3, 0.4) is 0 Å². The summed E-state index contributed by atoms with van der Waals surface area (Å²) in [4.78, 5) is 42.6. The Kier molecular flexibility index (Phi) is 4.74. The van der Waals surface area contributed by atoms with Crippen molar-refractivity contribution < 1.29 is 19.1 Å². The molecule has 120 valence electrons. The van der Waals surface area contributed by atoms with Crippen molar-refractivity contribution in [2.75, 3.05) is 6.61 Å². The molecule has 0 fully saturated rings. The van der Waals surface area contributed by atoms with Crippen molar-refractivity contribution in [2.24, 2.45) is 0 Å². The maximum absolute atomic E-state index is 12.2. The van der Waals surface area contributed by atoms with Gasteiger partial charge in [-0.25, -0.2) is 4.79 Å². The quantitative estimate of drug-likeness (QED) is 0.677. The summed E-state index contributed by atoms with van der Waals surface area (Å²) in [7, 11) is 0. The fraction of sp³-hybridized carbons (Fsp3) is 0.294. The minimum atomic E-state index is -0.612. The molecule has 0 atom stereocenters. The molecule has 0 aliphatic rings. The Hall–Kier alpha value is -2.76. The highest BCUT2D eigenvalue weighted by Crippen LogP contribution is 2.19. The molecule has 1 N–H and O–H groups in total. The number of pyridine rings is 1. The van der Waals surface area contributed by atoms with Crippen LogP contribution in [0.1, 0.15) is 55.1 Å². The summed E-state index contributed by atoms with van der Waals surface area (Å²) in [5, 5.41) is 0. The normalized spacial score (nSPS) is 10.4. The summed E-state index contributed by atoms with van der Waals surface area (Å²) >= 11 is 0. The first kappa shape index (κ1) is 16.6. The van der Waals surface area contributed by atoms with E-state index in [-0.39, 0.29) is 17.1 Å². The fourth-order valence-electron chi connectivity index (χ4n) is 2.43. The van der Waals surface area contributed by atoms with Gasteiger partial charge in [0.15, 0.2) is 12.4 Å². The zero-order valence-electron chi connectivity index (χ0n) is 13.5. The van der Waals surface area contributed by atoms with Gasteiger partial charge in [0.1, 0.15) is 0 Å². The van der Waals surface area contributed by atoms with Gasteiger partial charge < -0.3 is 9.72 Å². The van der Waals surface area contributed by atoms with Gasteiger partial charge in [-0.1, -0.05) is 0 Å². The molecule has 0 saturated heterocycles. The van der Waals surface area contributed by atoms with E-state index in [1.54, 1.807) is 26.0 Å². The van der Waals surface area contributed by atoms with Crippen molar-refractivity contribution in [3.05, 3.63) is 52.1 Å². The molecule has 0 bridgehead atoms. The third kappa shape index (κ3) is 3.53. The second-order valence-corrected chi connectivity index (χ2v) is 5.37. The van der Waals surface area contributed by atoms with Crippen molar-refractivity contribution in [1.29, 1.82) is 0 Å². The maximum atomic E-state index is 12.2. The number of ether oxygens (including phenoxy) is 1. The monoisotopic (exact) mass is 314 g/mol. The van der Waals surface area contributed by atoms with Crippen LogP contribution in [0.4, 0.5) is 0 Å². The van der Waals surface area contributed by atoms with Gasteiger partial charge >= 0.3 is 5.97 Å². The van der Waals surface area contributed by atoms with Crippen LogP contribution >= 0.6 is 0 Å². The van der Waals surface area contributed by atoms with E-state index in [1.165, 1.54) is 13.1 Å². The number of hydrogen-bond donors (Lipinski definition) is 1. The average molecular weight is 314 g/mol. The standard InChI is InChI=1S/C17H18N2O4/c1-9-5-6-13(7-18-9)17(22)23-8-14(21)16-10(2)15(12(4)20)11(3)19-16/h5-7,19H,8H2,1-4H3. The molecular formula is C17H18N2O4. The van der Waals surface area contributed by atoms with Crippen molar-refractivity contribution >= 4 is 17.5 Å². The van der Waals surface area contributed by atoms with E-state index in [0.29, 0.717) is 22.5 Å². The highest BCUT2D eigenvalue weighted by molar-refractivity contribution is 6.04. The second-order valence-electron chi connectivity index (χ2n) is 5.37. The summed E-state index contributed by atoms with van der Waals surface area (Å²) in [5.74, 6) is -1.11. The first-order valence-electron chi connectivity index (χ1n) is 7.14. The Morgan fingerprint density at radius 1 is 1.17 bits per heavy atom. The number of aromatic amines is 1. The van der Waals surface area contributed by atoms with Gasteiger partial charge in [0.25, 0.3) is 0 Å². The number of H-pyrrole nitrogens is 1. The number of nitrogens with one attached hydrogen (secondary N) is 1. The van der Waals surface area contributed by atoms with Gasteiger partial charge in [-0.3, -0.25) is 14.6 Å². The van der Waals surface area contributed by atoms with Crippen molar-refractivity contribution in [1.82, 2.24) is 9.97 Å². The third-order valence-corrected chi connectivity index (χ3v) is 3.55. The molecule has 0 amide bonds. The van der Waals surface area contributed by atoms with Gasteiger partial charge in [0.05, 0.1) is 11.3 Å². The van der Waals surface area contributed by atoms with Crippen LogP contribution in [0.5, 0.6) is 0 Å². The number of carbonyl (C=O) groups is 3. The number of hydrogen-bond acceptors (Lipinski definition) is 5. The van der Waals surface area contributed by atoms with Gasteiger partial charge in [-0.05, 0) is 45.4 Å². The molecule has 0 aliphatic carbocycles. The van der Waals surface area contributed by atoms with E-state index < -0.39 is 12.6 Å². The second kappa shape index (κ2) is 6.56. The number of rotatable bonds is 5. The molecule has 6 heteroatoms. The Morgan fingerprint density at radius 3 is 2.39 bits per heavy atom. The summed E-state index contributed by atoms with van der Waals surface area (Å²) in [6.45, 7) is 6.28. The summed E-state index contributed by atoms with van der Waals surface area (Å²) in [5.41, 5.74) is 3.07. The molecule has 0 aromatic carbocycles. The Morgan fingerprint density at radius 2 is 1.87 bits per heavy atom. The summed E-state index contributed by atoms with van der Waals surface area (Å²) < 4.78 is 5.02. The number of nitrogens with zero attached hydrogens (tertiary/aromatic N) is 1. The summed E-state index contributed by atoms with van der Waals surface area (Å²) in [6, 6.07) is 3.28. The number of Topliss-reactive ketones (excluding diaryl/α,β-unsaturated/α-hetero) is 2. The molecule has 0 radical (unpaired) electrons. The van der Waals surface area contributed by atoms with Crippen LogP contribution < -0.4 is 0 Å². The number of ketones is 2. The molecule has 2 heterocycles. The first-order chi connectivity index (χ1) is 10.8. The molecule has 0 unspecified atom stereocenters. The lowest BCUT2D eigenvalue weighted by Crippen LogP contribution is -2.15. The van der Waals surface area contributed by atoms with E-state index >= 15 is 0 Å². The average Bonchev–Trinajstić information content (AvgIpc) is 2.80. The zero-order valence-corrected chi connectivity index (χ0v) is 13.5. The molecule has 2 rings (SSSR count). The van der Waals surface area contributed by atoms with Gasteiger partial charge in [0.2, 0.25) is 5.78 Å².